The third-order valence-corrected chi connectivity index (χ3v) is 8.01. The van der Waals surface area contributed by atoms with Crippen LogP contribution in [0.5, 0.6) is 0 Å². The third-order valence-electron chi connectivity index (χ3n) is 8.01. The van der Waals surface area contributed by atoms with E-state index in [2.05, 4.69) is 20.2 Å². The molecule has 3 aromatic rings. The highest BCUT2D eigenvalue weighted by molar-refractivity contribution is 5.42. The lowest BCUT2D eigenvalue weighted by Crippen LogP contribution is -2.48. The van der Waals surface area contributed by atoms with Gasteiger partial charge >= 0.3 is 6.18 Å². The topological polar surface area (TPSA) is 71.8 Å². The summed E-state index contributed by atoms with van der Waals surface area (Å²) in [6.45, 7) is 4.64. The van der Waals surface area contributed by atoms with Crippen molar-refractivity contribution in [2.45, 2.75) is 63.7 Å². The van der Waals surface area contributed by atoms with Gasteiger partial charge in [-0.05, 0) is 62.1 Å². The SMILES string of the molecule is Cc1cc(N2C[C@H]3CC[C@@H](C2)C3Nc2nc3n(n2)CCCC[C@@H]3c2ccc(C(F)(F)F)cc2)ncn1. The zero-order valence-electron chi connectivity index (χ0n) is 20.2. The molecule has 2 aromatic heterocycles. The van der Waals surface area contributed by atoms with E-state index in [4.69, 9.17) is 10.1 Å². The van der Waals surface area contributed by atoms with Gasteiger partial charge in [0.05, 0.1) is 5.56 Å². The molecular weight excluding hydrogens is 467 g/mol. The van der Waals surface area contributed by atoms with Gasteiger partial charge in [0, 0.05) is 43.4 Å². The second-order valence-electron chi connectivity index (χ2n) is 10.4. The summed E-state index contributed by atoms with van der Waals surface area (Å²) in [4.78, 5) is 16.0. The van der Waals surface area contributed by atoms with Gasteiger partial charge in [-0.1, -0.05) is 18.6 Å². The molecule has 4 heterocycles. The minimum absolute atomic E-state index is 0.0580. The summed E-state index contributed by atoms with van der Waals surface area (Å²) < 4.78 is 41.1. The van der Waals surface area contributed by atoms with Gasteiger partial charge < -0.3 is 10.2 Å². The Labute approximate surface area is 208 Å². The highest BCUT2D eigenvalue weighted by Gasteiger charge is 2.43. The van der Waals surface area contributed by atoms with Crippen LogP contribution >= 0.6 is 0 Å². The van der Waals surface area contributed by atoms with E-state index in [0.29, 0.717) is 23.8 Å². The average Bonchev–Trinajstić information content (AvgIpc) is 3.25. The number of piperidine rings is 1. The second-order valence-corrected chi connectivity index (χ2v) is 10.4. The van der Waals surface area contributed by atoms with Crippen LogP contribution in [0.25, 0.3) is 0 Å². The number of nitrogens with one attached hydrogen (secondary N) is 1. The molecule has 1 aromatic carbocycles. The fraction of sp³-hybridized carbons (Fsp3) is 0.538. The summed E-state index contributed by atoms with van der Waals surface area (Å²) in [5.74, 6) is 3.37. The first-order valence-electron chi connectivity index (χ1n) is 12.8. The molecule has 1 unspecified atom stereocenters. The monoisotopic (exact) mass is 497 g/mol. The maximum Gasteiger partial charge on any atom is 0.416 e. The predicted octanol–water partition coefficient (Wildman–Crippen LogP) is 5.04. The van der Waals surface area contributed by atoms with Crippen molar-refractivity contribution in [2.24, 2.45) is 11.8 Å². The Hall–Kier alpha value is -3.17. The third kappa shape index (κ3) is 4.41. The van der Waals surface area contributed by atoms with Gasteiger partial charge in [-0.2, -0.15) is 18.2 Å². The smallest absolute Gasteiger partial charge is 0.356 e. The number of hydrogen-bond acceptors (Lipinski definition) is 6. The number of halogens is 3. The minimum Gasteiger partial charge on any atom is -0.356 e. The van der Waals surface area contributed by atoms with Crippen molar-refractivity contribution in [1.82, 2.24) is 24.7 Å². The number of benzene rings is 1. The van der Waals surface area contributed by atoms with Crippen LogP contribution in [0.2, 0.25) is 0 Å². The zero-order valence-corrected chi connectivity index (χ0v) is 20.2. The van der Waals surface area contributed by atoms with Gasteiger partial charge in [-0.15, -0.1) is 5.10 Å². The molecule has 36 heavy (non-hydrogen) atoms. The van der Waals surface area contributed by atoms with Gasteiger partial charge in [0.15, 0.2) is 0 Å². The van der Waals surface area contributed by atoms with Crippen LogP contribution in [0.3, 0.4) is 0 Å². The molecular formula is C26H30F3N7. The first-order valence-corrected chi connectivity index (χ1v) is 12.8. The van der Waals surface area contributed by atoms with E-state index in [-0.39, 0.29) is 5.92 Å². The summed E-state index contributed by atoms with van der Waals surface area (Å²) in [6, 6.07) is 7.88. The van der Waals surface area contributed by atoms with Crippen LogP contribution in [0.15, 0.2) is 36.7 Å². The maximum absolute atomic E-state index is 13.1. The van der Waals surface area contributed by atoms with Crippen molar-refractivity contribution in [3.05, 3.63) is 59.3 Å². The summed E-state index contributed by atoms with van der Waals surface area (Å²) in [5, 5.41) is 8.46. The first-order chi connectivity index (χ1) is 17.3. The summed E-state index contributed by atoms with van der Waals surface area (Å²) in [6.07, 6.45) is 2.44. The number of fused-ring (bicyclic) bond motifs is 3. The molecule has 1 aliphatic carbocycles. The van der Waals surface area contributed by atoms with Crippen LogP contribution in [0, 0.1) is 18.8 Å². The summed E-state index contributed by atoms with van der Waals surface area (Å²) >= 11 is 0. The Morgan fingerprint density at radius 1 is 0.972 bits per heavy atom. The van der Waals surface area contributed by atoms with Crippen molar-refractivity contribution in [3.63, 3.8) is 0 Å². The number of aromatic nitrogens is 5. The average molecular weight is 498 g/mol. The zero-order chi connectivity index (χ0) is 24.9. The lowest BCUT2D eigenvalue weighted by Gasteiger charge is -2.38. The molecule has 7 nitrogen and oxygen atoms in total. The molecule has 4 atom stereocenters. The molecule has 2 fully saturated rings. The largest absolute Gasteiger partial charge is 0.416 e. The van der Waals surface area contributed by atoms with E-state index >= 15 is 0 Å². The summed E-state index contributed by atoms with van der Waals surface area (Å²) in [5.41, 5.74) is 1.21. The molecule has 1 saturated heterocycles. The molecule has 2 bridgehead atoms. The molecule has 3 aliphatic rings. The van der Waals surface area contributed by atoms with Gasteiger partial charge in [0.1, 0.15) is 18.0 Å². The van der Waals surface area contributed by atoms with E-state index in [0.717, 1.165) is 74.6 Å². The number of hydrogen-bond donors (Lipinski definition) is 1. The Bertz CT molecular complexity index is 1210. The second kappa shape index (κ2) is 9.05. The van der Waals surface area contributed by atoms with E-state index < -0.39 is 11.7 Å². The van der Waals surface area contributed by atoms with Crippen molar-refractivity contribution in [3.8, 4) is 0 Å². The number of anilines is 2. The Balaban J connectivity index is 1.20. The standard InChI is InChI=1S/C26H30F3N7/c1-16-12-22(31-15-30-16)35-13-18-5-6-19(14-35)23(18)32-25-33-24-21(4-2-3-11-36(24)34-25)17-7-9-20(10-8-17)26(27,28)29/h7-10,12,15,18-19,21,23H,2-6,11,13-14H2,1H3,(H,32,34)/t18-,19+,21-,23?/m1/s1. The van der Waals surface area contributed by atoms with E-state index in [1.807, 2.05) is 17.7 Å². The molecule has 1 N–H and O–H groups in total. The lowest BCUT2D eigenvalue weighted by atomic mass is 9.92. The van der Waals surface area contributed by atoms with Crippen molar-refractivity contribution >= 4 is 11.8 Å². The molecule has 6 rings (SSSR count). The molecule has 1 saturated carbocycles. The fourth-order valence-corrected chi connectivity index (χ4v) is 6.20. The molecule has 0 amide bonds. The number of alkyl halides is 3. The van der Waals surface area contributed by atoms with Crippen LogP contribution in [-0.4, -0.2) is 43.9 Å². The lowest BCUT2D eigenvalue weighted by molar-refractivity contribution is -0.137. The van der Waals surface area contributed by atoms with Crippen LogP contribution in [-0.2, 0) is 12.7 Å². The highest BCUT2D eigenvalue weighted by atomic mass is 19.4. The number of nitrogens with zero attached hydrogens (tertiary/aromatic N) is 6. The highest BCUT2D eigenvalue weighted by Crippen LogP contribution is 2.40. The number of aryl methyl sites for hydroxylation is 2. The fourth-order valence-electron chi connectivity index (χ4n) is 6.20. The minimum atomic E-state index is -4.33. The van der Waals surface area contributed by atoms with Crippen molar-refractivity contribution < 1.29 is 13.2 Å². The van der Waals surface area contributed by atoms with Crippen LogP contribution in [0.1, 0.15) is 60.7 Å². The van der Waals surface area contributed by atoms with Gasteiger partial charge in [0.25, 0.3) is 0 Å². The quantitative estimate of drug-likeness (QED) is 0.545. The van der Waals surface area contributed by atoms with Crippen molar-refractivity contribution in [1.29, 1.82) is 0 Å². The Kier molecular flexibility index (Phi) is 5.84. The molecule has 2 aliphatic heterocycles. The van der Waals surface area contributed by atoms with E-state index in [1.165, 1.54) is 12.1 Å². The van der Waals surface area contributed by atoms with E-state index in [9.17, 15) is 13.2 Å². The van der Waals surface area contributed by atoms with E-state index in [1.54, 1.807) is 18.5 Å². The molecule has 0 radical (unpaired) electrons. The summed E-state index contributed by atoms with van der Waals surface area (Å²) in [7, 11) is 0. The molecule has 190 valence electrons. The maximum atomic E-state index is 13.1. The number of rotatable bonds is 4. The van der Waals surface area contributed by atoms with Gasteiger partial charge in [-0.25, -0.2) is 14.6 Å². The van der Waals surface area contributed by atoms with Crippen molar-refractivity contribution in [2.75, 3.05) is 23.3 Å². The Morgan fingerprint density at radius 3 is 2.42 bits per heavy atom. The molecule has 10 heteroatoms. The normalized spacial score (nSPS) is 25.9. The van der Waals surface area contributed by atoms with Gasteiger partial charge in [0.2, 0.25) is 5.95 Å². The van der Waals surface area contributed by atoms with Crippen LogP contribution in [0.4, 0.5) is 24.9 Å². The van der Waals surface area contributed by atoms with Crippen LogP contribution < -0.4 is 10.2 Å². The molecule has 0 spiro atoms. The van der Waals surface area contributed by atoms with Gasteiger partial charge in [-0.3, -0.25) is 0 Å². The first kappa shape index (κ1) is 23.2. The predicted molar refractivity (Wildman–Crippen MR) is 130 cm³/mol. The Morgan fingerprint density at radius 2 is 1.72 bits per heavy atom.